The van der Waals surface area contributed by atoms with Gasteiger partial charge in [0.2, 0.25) is 11.8 Å². The van der Waals surface area contributed by atoms with Crippen molar-refractivity contribution in [3.05, 3.63) is 35.6 Å². The Balaban J connectivity index is 1.75. The summed E-state index contributed by atoms with van der Waals surface area (Å²) in [6.45, 7) is 2.61. The summed E-state index contributed by atoms with van der Waals surface area (Å²) in [5, 5.41) is 5.34. The molecule has 1 aromatic rings. The van der Waals surface area contributed by atoms with Crippen molar-refractivity contribution in [1.82, 2.24) is 10.6 Å². The molecule has 1 fully saturated rings. The molecule has 5 heteroatoms. The van der Waals surface area contributed by atoms with Crippen LogP contribution in [-0.2, 0) is 9.59 Å². The monoisotopic (exact) mass is 278 g/mol. The molecule has 4 nitrogen and oxygen atoms in total. The highest BCUT2D eigenvalue weighted by molar-refractivity contribution is 5.87. The Kier molecular flexibility index (Phi) is 4.71. The largest absolute Gasteiger partial charge is 0.355 e. The topological polar surface area (TPSA) is 58.2 Å². The number of hydrogen-bond donors (Lipinski definition) is 2. The van der Waals surface area contributed by atoms with Crippen molar-refractivity contribution in [3.63, 3.8) is 0 Å². The van der Waals surface area contributed by atoms with E-state index >= 15 is 0 Å². The summed E-state index contributed by atoms with van der Waals surface area (Å²) >= 11 is 0. The molecule has 1 aliphatic carbocycles. The molecule has 0 aliphatic heterocycles. The fourth-order valence-corrected chi connectivity index (χ4v) is 2.19. The third-order valence-corrected chi connectivity index (χ3v) is 3.42. The van der Waals surface area contributed by atoms with E-state index < -0.39 is 0 Å². The number of amides is 2. The first kappa shape index (κ1) is 14.5. The Morgan fingerprint density at radius 1 is 1.25 bits per heavy atom. The Bertz CT molecular complexity index is 487. The maximum absolute atomic E-state index is 12.8. The molecule has 0 bridgehead atoms. The highest BCUT2D eigenvalue weighted by atomic mass is 19.1. The average molecular weight is 278 g/mol. The van der Waals surface area contributed by atoms with Crippen LogP contribution in [-0.4, -0.2) is 24.9 Å². The molecule has 0 saturated heterocycles. The predicted molar refractivity (Wildman–Crippen MR) is 73.6 cm³/mol. The molecule has 108 valence electrons. The smallest absolute Gasteiger partial charge is 0.239 e. The van der Waals surface area contributed by atoms with E-state index in [4.69, 9.17) is 0 Å². The fourth-order valence-electron chi connectivity index (χ4n) is 2.19. The lowest BCUT2D eigenvalue weighted by atomic mass is 10.1. The van der Waals surface area contributed by atoms with Crippen LogP contribution in [0.2, 0.25) is 0 Å². The lowest BCUT2D eigenvalue weighted by Gasteiger charge is -2.06. The van der Waals surface area contributed by atoms with Crippen LogP contribution in [0.4, 0.5) is 4.39 Å². The lowest BCUT2D eigenvalue weighted by molar-refractivity contribution is -0.126. The first-order valence-corrected chi connectivity index (χ1v) is 6.91. The molecule has 0 aromatic heterocycles. The molecule has 2 N–H and O–H groups in total. The third-order valence-electron chi connectivity index (χ3n) is 3.42. The molecule has 0 heterocycles. The van der Waals surface area contributed by atoms with Gasteiger partial charge in [-0.25, -0.2) is 4.39 Å². The highest BCUT2D eigenvalue weighted by Gasteiger charge is 2.43. The van der Waals surface area contributed by atoms with Gasteiger partial charge in [0.15, 0.2) is 0 Å². The van der Waals surface area contributed by atoms with E-state index in [-0.39, 0.29) is 36.0 Å². The number of rotatable bonds is 6. The van der Waals surface area contributed by atoms with E-state index in [1.165, 1.54) is 12.1 Å². The summed E-state index contributed by atoms with van der Waals surface area (Å²) in [6.07, 6.45) is 1.63. The second-order valence-corrected chi connectivity index (χ2v) is 5.07. The summed E-state index contributed by atoms with van der Waals surface area (Å²) < 4.78 is 12.8. The van der Waals surface area contributed by atoms with Gasteiger partial charge in [0.25, 0.3) is 0 Å². The molecule has 20 heavy (non-hydrogen) atoms. The van der Waals surface area contributed by atoms with Gasteiger partial charge in [-0.2, -0.15) is 0 Å². The van der Waals surface area contributed by atoms with E-state index in [1.54, 1.807) is 12.1 Å². The van der Waals surface area contributed by atoms with E-state index in [2.05, 4.69) is 10.6 Å². The maximum atomic E-state index is 12.8. The number of halogens is 1. The third kappa shape index (κ3) is 3.79. The number of carbonyl (C=O) groups is 2. The van der Waals surface area contributed by atoms with Crippen LogP contribution < -0.4 is 10.6 Å². The van der Waals surface area contributed by atoms with Gasteiger partial charge in [0.05, 0.1) is 6.54 Å². The molecule has 1 aliphatic rings. The molecule has 0 radical (unpaired) electrons. The normalized spacial score (nSPS) is 20.3. The van der Waals surface area contributed by atoms with Gasteiger partial charge < -0.3 is 10.6 Å². The van der Waals surface area contributed by atoms with Gasteiger partial charge in [-0.05, 0) is 36.5 Å². The van der Waals surface area contributed by atoms with E-state index in [0.29, 0.717) is 6.54 Å². The van der Waals surface area contributed by atoms with Gasteiger partial charge in [-0.1, -0.05) is 19.1 Å². The van der Waals surface area contributed by atoms with Crippen molar-refractivity contribution in [3.8, 4) is 0 Å². The molecule has 2 amide bonds. The van der Waals surface area contributed by atoms with Crippen LogP contribution in [0.15, 0.2) is 24.3 Å². The van der Waals surface area contributed by atoms with Crippen LogP contribution in [0.5, 0.6) is 0 Å². The number of benzene rings is 1. The number of nitrogens with one attached hydrogen (secondary N) is 2. The minimum absolute atomic E-state index is 0.0193. The number of hydrogen-bond acceptors (Lipinski definition) is 2. The lowest BCUT2D eigenvalue weighted by Crippen LogP contribution is -2.37. The van der Waals surface area contributed by atoms with Crippen LogP contribution in [0.1, 0.15) is 31.2 Å². The summed E-state index contributed by atoms with van der Waals surface area (Å²) in [5.74, 6) is -0.498. The van der Waals surface area contributed by atoms with Crippen molar-refractivity contribution in [1.29, 1.82) is 0 Å². The SMILES string of the molecule is CCCNC(=O)CNC(=O)C1CC1c1ccc(F)cc1. The standard InChI is InChI=1S/C15H19FN2O2/c1-2-7-17-14(19)9-18-15(20)13-8-12(13)10-3-5-11(16)6-4-10/h3-6,12-13H,2,7-9H2,1H3,(H,17,19)(H,18,20). The summed E-state index contributed by atoms with van der Waals surface area (Å²) in [5.41, 5.74) is 0.974. The Morgan fingerprint density at radius 3 is 2.60 bits per heavy atom. The maximum Gasteiger partial charge on any atom is 0.239 e. The molecular weight excluding hydrogens is 259 g/mol. The van der Waals surface area contributed by atoms with Gasteiger partial charge in [0.1, 0.15) is 5.82 Å². The molecular formula is C15H19FN2O2. The zero-order chi connectivity index (χ0) is 14.5. The highest BCUT2D eigenvalue weighted by Crippen LogP contribution is 2.47. The minimum atomic E-state index is -0.275. The summed E-state index contributed by atoms with van der Waals surface area (Å²) in [7, 11) is 0. The van der Waals surface area contributed by atoms with Crippen molar-refractivity contribution in [2.75, 3.05) is 13.1 Å². The second-order valence-electron chi connectivity index (χ2n) is 5.07. The Morgan fingerprint density at radius 2 is 1.95 bits per heavy atom. The molecule has 0 spiro atoms. The van der Waals surface area contributed by atoms with Gasteiger partial charge >= 0.3 is 0 Å². The zero-order valence-electron chi connectivity index (χ0n) is 11.5. The first-order chi connectivity index (χ1) is 9.61. The summed E-state index contributed by atoms with van der Waals surface area (Å²) in [4.78, 5) is 23.2. The Hall–Kier alpha value is -1.91. The minimum Gasteiger partial charge on any atom is -0.355 e. The Labute approximate surface area is 117 Å². The van der Waals surface area contributed by atoms with Gasteiger partial charge in [-0.3, -0.25) is 9.59 Å². The van der Waals surface area contributed by atoms with Gasteiger partial charge in [-0.15, -0.1) is 0 Å². The van der Waals surface area contributed by atoms with E-state index in [9.17, 15) is 14.0 Å². The zero-order valence-corrected chi connectivity index (χ0v) is 11.5. The van der Waals surface area contributed by atoms with Crippen LogP contribution in [0.25, 0.3) is 0 Å². The van der Waals surface area contributed by atoms with Crippen LogP contribution >= 0.6 is 0 Å². The molecule has 1 aromatic carbocycles. The van der Waals surface area contributed by atoms with E-state index in [0.717, 1.165) is 18.4 Å². The van der Waals surface area contributed by atoms with Crippen molar-refractivity contribution in [2.24, 2.45) is 5.92 Å². The molecule has 2 rings (SSSR count). The van der Waals surface area contributed by atoms with Crippen molar-refractivity contribution in [2.45, 2.75) is 25.7 Å². The van der Waals surface area contributed by atoms with Crippen molar-refractivity contribution < 1.29 is 14.0 Å². The first-order valence-electron chi connectivity index (χ1n) is 6.91. The van der Waals surface area contributed by atoms with Gasteiger partial charge in [0, 0.05) is 12.5 Å². The van der Waals surface area contributed by atoms with Crippen LogP contribution in [0, 0.1) is 11.7 Å². The molecule has 2 atom stereocenters. The number of carbonyl (C=O) groups excluding carboxylic acids is 2. The predicted octanol–water partition coefficient (Wildman–Crippen LogP) is 1.57. The summed E-state index contributed by atoms with van der Waals surface area (Å²) in [6, 6.07) is 6.23. The second kappa shape index (κ2) is 6.50. The van der Waals surface area contributed by atoms with Crippen molar-refractivity contribution >= 4 is 11.8 Å². The molecule has 2 unspecified atom stereocenters. The van der Waals surface area contributed by atoms with E-state index in [1.807, 2.05) is 6.92 Å². The quantitative estimate of drug-likeness (QED) is 0.830. The fraction of sp³-hybridized carbons (Fsp3) is 0.467. The average Bonchev–Trinajstić information content (AvgIpc) is 3.23. The molecule has 1 saturated carbocycles. The van der Waals surface area contributed by atoms with Crippen LogP contribution in [0.3, 0.4) is 0 Å².